The molecule has 0 spiro atoms. The Morgan fingerprint density at radius 2 is 2.16 bits per heavy atom. The van der Waals surface area contributed by atoms with Gasteiger partial charge in [0.05, 0.1) is 28.0 Å². The molecule has 2 aliphatic rings. The summed E-state index contributed by atoms with van der Waals surface area (Å²) >= 11 is 10.3. The van der Waals surface area contributed by atoms with Crippen molar-refractivity contribution in [2.24, 2.45) is 0 Å². The van der Waals surface area contributed by atoms with Crippen molar-refractivity contribution in [3.8, 4) is 0 Å². The first-order chi connectivity index (χ1) is 11.7. The van der Waals surface area contributed by atoms with Gasteiger partial charge in [0.1, 0.15) is 6.10 Å². The van der Waals surface area contributed by atoms with Crippen LogP contribution in [0.1, 0.15) is 26.7 Å². The van der Waals surface area contributed by atoms with Gasteiger partial charge in [0, 0.05) is 24.8 Å². The summed E-state index contributed by atoms with van der Waals surface area (Å²) in [5.41, 5.74) is 2.96. The van der Waals surface area contributed by atoms with E-state index in [9.17, 15) is 9.90 Å². The van der Waals surface area contributed by atoms with Crippen molar-refractivity contribution >= 4 is 53.8 Å². The molecule has 8 heteroatoms. The molecule has 0 aromatic carbocycles. The fraction of sp³-hybridized carbons (Fsp3) is 0.647. The first-order valence-corrected chi connectivity index (χ1v) is 10.7. The maximum atomic E-state index is 11.5. The highest BCUT2D eigenvalue weighted by molar-refractivity contribution is 9.11. The Morgan fingerprint density at radius 1 is 1.44 bits per heavy atom. The Balaban J connectivity index is 2.31. The highest BCUT2D eigenvalue weighted by Gasteiger charge is 2.44. The minimum absolute atomic E-state index is 0.238. The highest BCUT2D eigenvalue weighted by Crippen LogP contribution is 2.36. The lowest BCUT2D eigenvalue weighted by Crippen LogP contribution is -2.44. The zero-order chi connectivity index (χ0) is 18.6. The molecule has 2 heterocycles. The first kappa shape index (κ1) is 21.4. The lowest BCUT2D eigenvalue weighted by atomic mass is 10.0. The van der Waals surface area contributed by atoms with E-state index in [0.717, 1.165) is 0 Å². The normalized spacial score (nSPS) is 41.4. The number of ether oxygens (including phenoxy) is 3. The molecular formula is C17H21Br3O5. The van der Waals surface area contributed by atoms with Gasteiger partial charge in [0.25, 0.3) is 0 Å². The van der Waals surface area contributed by atoms with Crippen molar-refractivity contribution < 1.29 is 24.1 Å². The molecule has 2 unspecified atom stereocenters. The topological polar surface area (TPSA) is 65.0 Å². The van der Waals surface area contributed by atoms with Gasteiger partial charge in [-0.3, -0.25) is 4.79 Å². The summed E-state index contributed by atoms with van der Waals surface area (Å²) in [7, 11) is 0. The lowest BCUT2D eigenvalue weighted by molar-refractivity contribution is -0.178. The SMILES string of the molecule is CC(=O)OC1C[C@H](Br)[C@]2(O)C=C[C@H](CC(C=C=CBr)O[C@@H](C)[C@@H]1Br)O2. The van der Waals surface area contributed by atoms with Crippen molar-refractivity contribution in [2.45, 2.75) is 66.5 Å². The quantitative estimate of drug-likeness (QED) is 0.248. The van der Waals surface area contributed by atoms with Crippen LogP contribution in [0.2, 0.25) is 0 Å². The fourth-order valence-corrected chi connectivity index (χ4v) is 4.12. The van der Waals surface area contributed by atoms with Gasteiger partial charge in [-0.2, -0.15) is 0 Å². The number of halogens is 3. The maximum absolute atomic E-state index is 11.5. The molecule has 1 N–H and O–H groups in total. The summed E-state index contributed by atoms with van der Waals surface area (Å²) < 4.78 is 17.4. The number of carbonyl (C=O) groups is 1. The van der Waals surface area contributed by atoms with Crippen LogP contribution in [0, 0.1) is 0 Å². The van der Waals surface area contributed by atoms with E-state index in [1.807, 2.05) is 13.0 Å². The summed E-state index contributed by atoms with van der Waals surface area (Å²) in [5, 5.41) is 10.8. The predicted molar refractivity (Wildman–Crippen MR) is 105 cm³/mol. The van der Waals surface area contributed by atoms with E-state index in [-0.39, 0.29) is 29.1 Å². The third-order valence-corrected chi connectivity index (χ3v) is 6.73. The largest absolute Gasteiger partial charge is 0.461 e. The third-order valence-electron chi connectivity index (χ3n) is 4.10. The Hall–Kier alpha value is 0.0500. The highest BCUT2D eigenvalue weighted by atomic mass is 79.9. The van der Waals surface area contributed by atoms with Gasteiger partial charge >= 0.3 is 5.97 Å². The Kier molecular flexibility index (Phi) is 7.95. The molecule has 0 radical (unpaired) electrons. The molecule has 0 amide bonds. The second kappa shape index (κ2) is 9.31. The molecule has 140 valence electrons. The monoisotopic (exact) mass is 542 g/mol. The van der Waals surface area contributed by atoms with Crippen LogP contribution in [-0.4, -0.2) is 50.9 Å². The Bertz CT molecular complexity index is 575. The minimum Gasteiger partial charge on any atom is -0.461 e. The number of hydrogen-bond donors (Lipinski definition) is 1. The molecule has 2 rings (SSSR count). The van der Waals surface area contributed by atoms with Crippen LogP contribution in [0.5, 0.6) is 0 Å². The van der Waals surface area contributed by atoms with Gasteiger partial charge in [-0.25, -0.2) is 0 Å². The molecule has 0 aromatic rings. The summed E-state index contributed by atoms with van der Waals surface area (Å²) in [6.45, 7) is 3.28. The molecule has 7 atom stereocenters. The van der Waals surface area contributed by atoms with E-state index in [4.69, 9.17) is 14.2 Å². The third kappa shape index (κ3) is 5.76. The number of rotatable bonds is 2. The smallest absolute Gasteiger partial charge is 0.302 e. The summed E-state index contributed by atoms with van der Waals surface area (Å²) in [4.78, 5) is 12.4. The summed E-state index contributed by atoms with van der Waals surface area (Å²) in [6.07, 6.45) is 4.87. The molecule has 1 fully saturated rings. The zero-order valence-corrected chi connectivity index (χ0v) is 18.7. The molecule has 0 aliphatic carbocycles. The van der Waals surface area contributed by atoms with Gasteiger partial charge in [-0.05, 0) is 19.1 Å². The van der Waals surface area contributed by atoms with Gasteiger partial charge in [-0.1, -0.05) is 53.9 Å². The number of esters is 1. The van der Waals surface area contributed by atoms with Crippen LogP contribution < -0.4 is 0 Å². The number of hydrogen-bond acceptors (Lipinski definition) is 5. The van der Waals surface area contributed by atoms with E-state index in [1.165, 1.54) is 6.92 Å². The molecule has 25 heavy (non-hydrogen) atoms. The molecule has 5 nitrogen and oxygen atoms in total. The fourth-order valence-electron chi connectivity index (χ4n) is 2.89. The standard InChI is InChI=1S/C17H21Br3O5/c1-10-16(20)14(24-11(2)21)9-15(19)17(22)6-5-13(25-17)8-12(23-10)4-3-7-18/h4-7,10,12-16,22H,8-9H2,1-2H3/t3?,10-,12?,13+,14?,15-,16-,17-/m0/s1. The predicted octanol–water partition coefficient (Wildman–Crippen LogP) is 3.72. The van der Waals surface area contributed by atoms with Crippen LogP contribution in [0.4, 0.5) is 0 Å². The van der Waals surface area contributed by atoms with Crippen LogP contribution >= 0.6 is 47.8 Å². The summed E-state index contributed by atoms with van der Waals surface area (Å²) in [6, 6.07) is 0. The lowest BCUT2D eigenvalue weighted by Gasteiger charge is -2.32. The van der Waals surface area contributed by atoms with Crippen molar-refractivity contribution in [2.75, 3.05) is 0 Å². The Morgan fingerprint density at radius 3 is 2.80 bits per heavy atom. The molecule has 0 saturated carbocycles. The van der Waals surface area contributed by atoms with Crippen LogP contribution in [0.3, 0.4) is 0 Å². The second-order valence-corrected chi connectivity index (χ2v) is 8.74. The molecular weight excluding hydrogens is 524 g/mol. The van der Waals surface area contributed by atoms with Crippen molar-refractivity contribution in [1.29, 1.82) is 0 Å². The van der Waals surface area contributed by atoms with E-state index < -0.39 is 16.7 Å². The van der Waals surface area contributed by atoms with E-state index in [0.29, 0.717) is 12.8 Å². The van der Waals surface area contributed by atoms with E-state index in [1.54, 1.807) is 17.1 Å². The maximum Gasteiger partial charge on any atom is 0.302 e. The molecule has 2 aliphatic heterocycles. The van der Waals surface area contributed by atoms with Crippen LogP contribution in [-0.2, 0) is 19.0 Å². The molecule has 0 aromatic heterocycles. The average molecular weight is 545 g/mol. The number of alkyl halides is 2. The van der Waals surface area contributed by atoms with Crippen LogP contribution in [0.25, 0.3) is 0 Å². The first-order valence-electron chi connectivity index (χ1n) is 7.97. The van der Waals surface area contributed by atoms with Gasteiger partial charge in [0.2, 0.25) is 0 Å². The summed E-state index contributed by atoms with van der Waals surface area (Å²) in [5.74, 6) is -1.84. The van der Waals surface area contributed by atoms with E-state index >= 15 is 0 Å². The average Bonchev–Trinajstić information content (AvgIpc) is 2.92. The van der Waals surface area contributed by atoms with Crippen LogP contribution in [0.15, 0.2) is 28.9 Å². The van der Waals surface area contributed by atoms with Gasteiger partial charge in [-0.15, -0.1) is 5.73 Å². The number of aliphatic hydroxyl groups is 1. The zero-order valence-electron chi connectivity index (χ0n) is 13.9. The van der Waals surface area contributed by atoms with Crippen molar-refractivity contribution in [1.82, 2.24) is 0 Å². The second-order valence-electron chi connectivity index (χ2n) is 6.12. The van der Waals surface area contributed by atoms with E-state index in [2.05, 4.69) is 53.5 Å². The van der Waals surface area contributed by atoms with Crippen molar-refractivity contribution in [3.63, 3.8) is 0 Å². The molecule has 1 saturated heterocycles. The van der Waals surface area contributed by atoms with Gasteiger partial charge in [0.15, 0.2) is 5.79 Å². The van der Waals surface area contributed by atoms with Gasteiger partial charge < -0.3 is 19.3 Å². The Labute approximate surface area is 172 Å². The number of carbonyl (C=O) groups excluding carboxylic acids is 1. The minimum atomic E-state index is -1.46. The molecule has 2 bridgehead atoms. The number of fused-ring (bicyclic) bond motifs is 2. The van der Waals surface area contributed by atoms with Crippen molar-refractivity contribution in [3.05, 3.63) is 28.9 Å².